The van der Waals surface area contributed by atoms with Crippen molar-refractivity contribution in [2.75, 3.05) is 32.0 Å². The van der Waals surface area contributed by atoms with Crippen LogP contribution in [0, 0.1) is 6.92 Å². The second-order valence-corrected chi connectivity index (χ2v) is 10.2. The number of carbonyl (C=O) groups is 2. The average Bonchev–Trinajstić information content (AvgIpc) is 3.53. The number of likely N-dealkylation sites (N-methyl/N-ethyl adjacent to an activating group) is 1. The number of carbonyl (C=O) groups excluding carboxylic acids is 2. The highest BCUT2D eigenvalue weighted by molar-refractivity contribution is 5.99. The number of hydrogen-bond acceptors (Lipinski definition) is 4. The average molecular weight is 486 g/mol. The lowest BCUT2D eigenvalue weighted by atomic mass is 9.88. The van der Waals surface area contributed by atoms with Gasteiger partial charge in [0.25, 0.3) is 5.91 Å². The lowest BCUT2D eigenvalue weighted by Gasteiger charge is -2.32. The zero-order valence-corrected chi connectivity index (χ0v) is 21.4. The number of benzene rings is 2. The minimum atomic E-state index is -0.0961. The summed E-state index contributed by atoms with van der Waals surface area (Å²) in [7, 11) is 3.92. The number of likely N-dealkylation sites (tertiary alicyclic amines) is 2. The Morgan fingerprint density at radius 2 is 1.69 bits per heavy atom. The maximum atomic E-state index is 13.3. The first-order valence-corrected chi connectivity index (χ1v) is 12.9. The molecule has 3 heterocycles. The van der Waals surface area contributed by atoms with Crippen molar-refractivity contribution in [1.82, 2.24) is 19.6 Å². The van der Waals surface area contributed by atoms with Gasteiger partial charge in [-0.2, -0.15) is 5.10 Å². The van der Waals surface area contributed by atoms with Crippen LogP contribution >= 0.6 is 0 Å². The standard InChI is InChI=1S/C29H35N5O2/c1-20-6-7-24(17-26(20)31-28(35)27-5-4-14-32(27)2)29(36)34-15-12-23(13-16-34)21-8-10-22(11-9-21)25-18-30-33(3)19-25/h6-11,17-19,23,27H,4-5,12-16H2,1-3H3,(H,31,35)/t27-/m0/s1. The summed E-state index contributed by atoms with van der Waals surface area (Å²) >= 11 is 0. The Hall–Kier alpha value is -3.45. The third kappa shape index (κ3) is 5.07. The summed E-state index contributed by atoms with van der Waals surface area (Å²) in [6, 6.07) is 14.3. The van der Waals surface area contributed by atoms with Gasteiger partial charge in [0.05, 0.1) is 12.2 Å². The van der Waals surface area contributed by atoms with Crippen LogP contribution < -0.4 is 5.32 Å². The summed E-state index contributed by atoms with van der Waals surface area (Å²) in [6.07, 6.45) is 7.71. The molecule has 0 radical (unpaired) electrons. The second-order valence-electron chi connectivity index (χ2n) is 10.2. The van der Waals surface area contributed by atoms with E-state index in [2.05, 4.69) is 39.6 Å². The van der Waals surface area contributed by atoms with Crippen molar-refractivity contribution in [3.05, 3.63) is 71.5 Å². The number of rotatable bonds is 5. The van der Waals surface area contributed by atoms with Gasteiger partial charge in [-0.15, -0.1) is 0 Å². The number of aromatic nitrogens is 2. The van der Waals surface area contributed by atoms with E-state index in [1.165, 1.54) is 11.1 Å². The Labute approximate surface area is 213 Å². The highest BCUT2D eigenvalue weighted by atomic mass is 16.2. The SMILES string of the molecule is Cc1ccc(C(=O)N2CCC(c3ccc(-c4cnn(C)c4)cc3)CC2)cc1NC(=O)[C@@H]1CCCN1C. The molecule has 1 N–H and O–H groups in total. The van der Waals surface area contributed by atoms with E-state index in [4.69, 9.17) is 0 Å². The molecule has 2 saturated heterocycles. The van der Waals surface area contributed by atoms with Crippen LogP contribution in [-0.2, 0) is 11.8 Å². The van der Waals surface area contributed by atoms with Crippen LogP contribution in [0.4, 0.5) is 5.69 Å². The number of amides is 2. The fraction of sp³-hybridized carbons (Fsp3) is 0.414. The van der Waals surface area contributed by atoms with E-state index >= 15 is 0 Å². The van der Waals surface area contributed by atoms with Crippen LogP contribution in [0.2, 0.25) is 0 Å². The predicted octanol–water partition coefficient (Wildman–Crippen LogP) is 4.45. The lowest BCUT2D eigenvalue weighted by molar-refractivity contribution is -0.119. The van der Waals surface area contributed by atoms with E-state index in [1.807, 2.05) is 61.2 Å². The molecule has 188 valence electrons. The quantitative estimate of drug-likeness (QED) is 0.580. The summed E-state index contributed by atoms with van der Waals surface area (Å²) in [5.41, 5.74) is 5.94. The van der Waals surface area contributed by atoms with Crippen molar-refractivity contribution in [3.8, 4) is 11.1 Å². The normalized spacial score (nSPS) is 19.0. The number of aryl methyl sites for hydroxylation is 2. The van der Waals surface area contributed by atoms with E-state index < -0.39 is 0 Å². The van der Waals surface area contributed by atoms with Crippen LogP contribution in [0.3, 0.4) is 0 Å². The first-order chi connectivity index (χ1) is 17.4. The van der Waals surface area contributed by atoms with E-state index in [-0.39, 0.29) is 17.9 Å². The van der Waals surface area contributed by atoms with Gasteiger partial charge in [-0.1, -0.05) is 30.3 Å². The molecule has 2 amide bonds. The zero-order valence-electron chi connectivity index (χ0n) is 21.4. The van der Waals surface area contributed by atoms with Crippen molar-refractivity contribution in [2.45, 2.75) is 44.6 Å². The minimum Gasteiger partial charge on any atom is -0.339 e. The van der Waals surface area contributed by atoms with Gasteiger partial charge in [0.15, 0.2) is 0 Å². The van der Waals surface area contributed by atoms with Gasteiger partial charge >= 0.3 is 0 Å². The molecule has 1 atom stereocenters. The van der Waals surface area contributed by atoms with Gasteiger partial charge in [-0.05, 0) is 80.9 Å². The van der Waals surface area contributed by atoms with Crippen LogP contribution in [0.1, 0.15) is 53.1 Å². The van der Waals surface area contributed by atoms with Gasteiger partial charge in [-0.3, -0.25) is 19.2 Å². The fourth-order valence-electron chi connectivity index (χ4n) is 5.46. The lowest BCUT2D eigenvalue weighted by Crippen LogP contribution is -2.38. The molecule has 0 spiro atoms. The Balaban J connectivity index is 1.20. The minimum absolute atomic E-state index is 0.0121. The summed E-state index contributed by atoms with van der Waals surface area (Å²) in [5, 5.41) is 7.33. The van der Waals surface area contributed by atoms with Crippen LogP contribution in [0.5, 0.6) is 0 Å². The number of piperidine rings is 1. The van der Waals surface area contributed by atoms with Crippen molar-refractivity contribution in [2.24, 2.45) is 7.05 Å². The molecule has 2 fully saturated rings. The summed E-state index contributed by atoms with van der Waals surface area (Å²) in [5.74, 6) is 0.500. The van der Waals surface area contributed by atoms with Crippen molar-refractivity contribution in [1.29, 1.82) is 0 Å². The molecule has 2 aliphatic rings. The molecule has 2 aromatic carbocycles. The summed E-state index contributed by atoms with van der Waals surface area (Å²) < 4.78 is 1.81. The Bertz CT molecular complexity index is 1240. The van der Waals surface area contributed by atoms with E-state index in [1.54, 1.807) is 0 Å². The smallest absolute Gasteiger partial charge is 0.253 e. The topological polar surface area (TPSA) is 70.5 Å². The molecule has 1 aromatic heterocycles. The highest BCUT2D eigenvalue weighted by Gasteiger charge is 2.29. The van der Waals surface area contributed by atoms with Crippen molar-refractivity contribution in [3.63, 3.8) is 0 Å². The first kappa shape index (κ1) is 24.3. The summed E-state index contributed by atoms with van der Waals surface area (Å²) in [6.45, 7) is 4.38. The van der Waals surface area contributed by atoms with Gasteiger partial charge in [0.1, 0.15) is 0 Å². The number of anilines is 1. The predicted molar refractivity (Wildman–Crippen MR) is 142 cm³/mol. The van der Waals surface area contributed by atoms with E-state index in [0.29, 0.717) is 11.5 Å². The highest BCUT2D eigenvalue weighted by Crippen LogP contribution is 2.31. The molecule has 7 heteroatoms. The molecule has 3 aromatic rings. The van der Waals surface area contributed by atoms with Gasteiger partial charge in [0.2, 0.25) is 5.91 Å². The Morgan fingerprint density at radius 1 is 0.944 bits per heavy atom. The molecule has 36 heavy (non-hydrogen) atoms. The van der Waals surface area contributed by atoms with Crippen LogP contribution in [-0.4, -0.2) is 64.1 Å². The van der Waals surface area contributed by atoms with E-state index in [0.717, 1.165) is 62.1 Å². The van der Waals surface area contributed by atoms with Crippen molar-refractivity contribution < 1.29 is 9.59 Å². The molecular formula is C29H35N5O2. The molecule has 2 aliphatic heterocycles. The molecular weight excluding hydrogens is 450 g/mol. The largest absolute Gasteiger partial charge is 0.339 e. The molecule has 0 saturated carbocycles. The summed E-state index contributed by atoms with van der Waals surface area (Å²) in [4.78, 5) is 30.1. The number of nitrogens with zero attached hydrogens (tertiary/aromatic N) is 4. The molecule has 0 bridgehead atoms. The van der Waals surface area contributed by atoms with Crippen molar-refractivity contribution >= 4 is 17.5 Å². The second kappa shape index (κ2) is 10.3. The van der Waals surface area contributed by atoms with Gasteiger partial charge in [0, 0.05) is 43.1 Å². The maximum Gasteiger partial charge on any atom is 0.253 e. The molecule has 0 aliphatic carbocycles. The maximum absolute atomic E-state index is 13.3. The fourth-order valence-corrected chi connectivity index (χ4v) is 5.46. The molecule has 0 unspecified atom stereocenters. The Morgan fingerprint density at radius 3 is 2.33 bits per heavy atom. The Kier molecular flexibility index (Phi) is 6.92. The third-order valence-corrected chi connectivity index (χ3v) is 7.77. The van der Waals surface area contributed by atoms with Gasteiger partial charge in [-0.25, -0.2) is 0 Å². The zero-order chi connectivity index (χ0) is 25.2. The molecule has 5 rings (SSSR count). The number of nitrogens with one attached hydrogen (secondary N) is 1. The van der Waals surface area contributed by atoms with E-state index in [9.17, 15) is 9.59 Å². The van der Waals surface area contributed by atoms with Gasteiger partial charge < -0.3 is 10.2 Å². The third-order valence-electron chi connectivity index (χ3n) is 7.77. The number of hydrogen-bond donors (Lipinski definition) is 1. The molecule has 7 nitrogen and oxygen atoms in total. The monoisotopic (exact) mass is 485 g/mol. The van der Waals surface area contributed by atoms with Crippen LogP contribution in [0.15, 0.2) is 54.9 Å². The first-order valence-electron chi connectivity index (χ1n) is 12.9. The van der Waals surface area contributed by atoms with Crippen LogP contribution in [0.25, 0.3) is 11.1 Å².